The normalized spacial score (nSPS) is 13.2. The highest BCUT2D eigenvalue weighted by Gasteiger charge is 2.24. The zero-order valence-electron chi connectivity index (χ0n) is 21.7. The van der Waals surface area contributed by atoms with E-state index in [-0.39, 0.29) is 42.5 Å². The molecule has 0 bridgehead atoms. The molecule has 5 rings (SSSR count). The number of rotatable bonds is 10. The largest absolute Gasteiger partial charge is 0.345 e. The van der Waals surface area contributed by atoms with Gasteiger partial charge >= 0.3 is 0 Å². The summed E-state index contributed by atoms with van der Waals surface area (Å²) in [6.45, 7) is -0.00838. The summed E-state index contributed by atoms with van der Waals surface area (Å²) in [6.07, 6.45) is 7.36. The lowest BCUT2D eigenvalue weighted by Gasteiger charge is -2.09. The lowest BCUT2D eigenvalue weighted by Crippen LogP contribution is -2.26. The zero-order chi connectivity index (χ0) is 28.9. The summed E-state index contributed by atoms with van der Waals surface area (Å²) < 4.78 is 28.0. The zero-order valence-corrected chi connectivity index (χ0v) is 21.7. The maximum Gasteiger partial charge on any atom is 0.261 e. The molecule has 9 nitrogen and oxygen atoms in total. The fourth-order valence-corrected chi connectivity index (χ4v) is 4.55. The van der Waals surface area contributed by atoms with Crippen LogP contribution in [-0.2, 0) is 16.1 Å². The Morgan fingerprint density at radius 3 is 2.61 bits per heavy atom. The van der Waals surface area contributed by atoms with Crippen LogP contribution in [0.1, 0.15) is 52.9 Å². The van der Waals surface area contributed by atoms with E-state index in [9.17, 15) is 28.0 Å². The van der Waals surface area contributed by atoms with Crippen molar-refractivity contribution in [2.24, 2.45) is 0 Å². The molecule has 2 amide bonds. The predicted molar refractivity (Wildman–Crippen MR) is 149 cm³/mol. The number of benzene rings is 2. The number of amides is 2. The van der Waals surface area contributed by atoms with Crippen LogP contribution < -0.4 is 16.2 Å². The first-order valence-corrected chi connectivity index (χ1v) is 12.9. The molecule has 0 aliphatic carbocycles. The number of aromatic amines is 1. The van der Waals surface area contributed by atoms with Crippen LogP contribution in [0.5, 0.6) is 0 Å². The number of carbonyl (C=O) groups is 3. The molecule has 0 atom stereocenters. The second kappa shape index (κ2) is 11.9. The van der Waals surface area contributed by atoms with Crippen LogP contribution in [0.4, 0.5) is 20.2 Å². The van der Waals surface area contributed by atoms with Gasteiger partial charge in [-0.05, 0) is 60.9 Å². The summed E-state index contributed by atoms with van der Waals surface area (Å²) >= 11 is 0. The van der Waals surface area contributed by atoms with Crippen LogP contribution in [0.25, 0.3) is 11.6 Å². The molecule has 0 saturated heterocycles. The number of Topliss-reactive ketones (excluding diaryl/α,β-unsaturated/α-hetero) is 1. The van der Waals surface area contributed by atoms with Gasteiger partial charge in [0.1, 0.15) is 0 Å². The standard InChI is InChI=1S/C30H25F2N5O4/c31-24-10-7-18(12-25(24)32)16-37-11-3-4-22(30(37)41)27(38)5-1-2-6-28(39)35-19-8-9-21-23(13-20-15-33-17-34-20)29(40)36-26(21)14-19/h3-4,7-15,17H,1-2,5-6,16H2,(H,33,34)(H,35,39)(H,36,40)/b23-13-. The fourth-order valence-electron chi connectivity index (χ4n) is 4.55. The Labute approximate surface area is 232 Å². The molecule has 0 spiro atoms. The van der Waals surface area contributed by atoms with Crippen molar-refractivity contribution in [3.63, 3.8) is 0 Å². The van der Waals surface area contributed by atoms with E-state index < -0.39 is 17.2 Å². The Balaban J connectivity index is 1.12. The first-order valence-electron chi connectivity index (χ1n) is 12.9. The van der Waals surface area contributed by atoms with E-state index in [1.807, 2.05) is 0 Å². The van der Waals surface area contributed by atoms with E-state index in [4.69, 9.17) is 0 Å². The molecule has 208 valence electrons. The summed E-state index contributed by atoms with van der Waals surface area (Å²) in [5.74, 6) is -2.85. The minimum atomic E-state index is -1.01. The number of nitrogens with zero attached hydrogens (tertiary/aromatic N) is 2. The maximum atomic E-state index is 13.5. The van der Waals surface area contributed by atoms with Gasteiger partial charge in [-0.2, -0.15) is 0 Å². The molecule has 1 aliphatic heterocycles. The molecule has 0 saturated carbocycles. The van der Waals surface area contributed by atoms with Crippen LogP contribution in [0.2, 0.25) is 0 Å². The van der Waals surface area contributed by atoms with E-state index in [0.29, 0.717) is 46.6 Å². The van der Waals surface area contributed by atoms with Crippen molar-refractivity contribution in [2.45, 2.75) is 32.2 Å². The number of anilines is 2. The van der Waals surface area contributed by atoms with Crippen LogP contribution in [0, 0.1) is 11.6 Å². The Hall–Kier alpha value is -5.19. The number of halogens is 2. The lowest BCUT2D eigenvalue weighted by atomic mass is 10.0. The SMILES string of the molecule is O=C(CCCCC(=O)c1cccn(Cc2ccc(F)c(F)c2)c1=O)Nc1ccc2c(c1)NC(=O)/C2=C\c1cnc[nH]1. The van der Waals surface area contributed by atoms with Gasteiger partial charge in [-0.15, -0.1) is 0 Å². The molecule has 1 aliphatic rings. The minimum absolute atomic E-state index is 0.000621. The Bertz CT molecular complexity index is 1730. The van der Waals surface area contributed by atoms with Crippen molar-refractivity contribution in [3.05, 3.63) is 112 Å². The molecule has 0 fully saturated rings. The molecule has 3 N–H and O–H groups in total. The average molecular weight is 558 g/mol. The number of H-pyrrole nitrogens is 1. The van der Waals surface area contributed by atoms with Crippen molar-refractivity contribution in [3.8, 4) is 0 Å². The number of fused-ring (bicyclic) bond motifs is 1. The Morgan fingerprint density at radius 2 is 1.83 bits per heavy atom. The van der Waals surface area contributed by atoms with Crippen LogP contribution in [0.15, 0.2) is 72.0 Å². The smallest absolute Gasteiger partial charge is 0.261 e. The van der Waals surface area contributed by atoms with Gasteiger partial charge in [0.25, 0.3) is 11.5 Å². The second-order valence-corrected chi connectivity index (χ2v) is 9.56. The third kappa shape index (κ3) is 6.35. The Morgan fingerprint density at radius 1 is 1.00 bits per heavy atom. The number of aromatic nitrogens is 3. The van der Waals surface area contributed by atoms with E-state index >= 15 is 0 Å². The molecular formula is C30H25F2N5O4. The van der Waals surface area contributed by atoms with Gasteiger partial charge in [0, 0.05) is 30.3 Å². The summed E-state index contributed by atoms with van der Waals surface area (Å²) in [5.41, 5.74) is 2.87. The number of nitrogens with one attached hydrogen (secondary N) is 3. The molecule has 0 unspecified atom stereocenters. The van der Waals surface area contributed by atoms with E-state index in [1.54, 1.807) is 36.5 Å². The van der Waals surface area contributed by atoms with Crippen LogP contribution >= 0.6 is 0 Å². The second-order valence-electron chi connectivity index (χ2n) is 9.56. The third-order valence-corrected chi connectivity index (χ3v) is 6.62. The molecule has 2 aromatic carbocycles. The number of pyridine rings is 1. The first kappa shape index (κ1) is 27.4. The topological polar surface area (TPSA) is 126 Å². The monoisotopic (exact) mass is 557 g/mol. The highest BCUT2D eigenvalue weighted by molar-refractivity contribution is 6.35. The van der Waals surface area contributed by atoms with Gasteiger partial charge in [0.2, 0.25) is 5.91 Å². The maximum absolute atomic E-state index is 13.5. The van der Waals surface area contributed by atoms with Gasteiger partial charge in [-0.3, -0.25) is 19.2 Å². The summed E-state index contributed by atoms with van der Waals surface area (Å²) in [7, 11) is 0. The number of carbonyl (C=O) groups excluding carboxylic acids is 3. The summed E-state index contributed by atoms with van der Waals surface area (Å²) in [6, 6.07) is 11.5. The van der Waals surface area contributed by atoms with Gasteiger partial charge in [0.05, 0.1) is 41.6 Å². The van der Waals surface area contributed by atoms with Crippen molar-refractivity contribution >= 4 is 40.6 Å². The summed E-state index contributed by atoms with van der Waals surface area (Å²) in [4.78, 5) is 57.2. The number of hydrogen-bond acceptors (Lipinski definition) is 5. The van der Waals surface area contributed by atoms with Crippen molar-refractivity contribution in [2.75, 3.05) is 10.6 Å². The molecular weight excluding hydrogens is 532 g/mol. The van der Waals surface area contributed by atoms with E-state index in [1.165, 1.54) is 29.2 Å². The highest BCUT2D eigenvalue weighted by atomic mass is 19.2. The first-order chi connectivity index (χ1) is 19.8. The number of imidazole rings is 1. The highest BCUT2D eigenvalue weighted by Crippen LogP contribution is 2.34. The van der Waals surface area contributed by atoms with E-state index in [0.717, 1.165) is 12.1 Å². The molecule has 0 radical (unpaired) electrons. The number of unbranched alkanes of at least 4 members (excludes halogenated alkanes) is 1. The minimum Gasteiger partial charge on any atom is -0.345 e. The summed E-state index contributed by atoms with van der Waals surface area (Å²) in [5, 5.41) is 5.59. The van der Waals surface area contributed by atoms with Crippen molar-refractivity contribution < 1.29 is 23.2 Å². The molecule has 3 heterocycles. The van der Waals surface area contributed by atoms with Gasteiger partial charge in [0.15, 0.2) is 17.4 Å². The quantitative estimate of drug-likeness (QED) is 0.147. The molecule has 41 heavy (non-hydrogen) atoms. The number of ketones is 1. The third-order valence-electron chi connectivity index (χ3n) is 6.62. The van der Waals surface area contributed by atoms with Gasteiger partial charge in [-0.25, -0.2) is 13.8 Å². The lowest BCUT2D eigenvalue weighted by molar-refractivity contribution is -0.116. The van der Waals surface area contributed by atoms with Gasteiger partial charge < -0.3 is 20.2 Å². The molecule has 4 aromatic rings. The van der Waals surface area contributed by atoms with Crippen molar-refractivity contribution in [1.29, 1.82) is 0 Å². The van der Waals surface area contributed by atoms with Crippen molar-refractivity contribution in [1.82, 2.24) is 14.5 Å². The van der Waals surface area contributed by atoms with Crippen LogP contribution in [-0.4, -0.2) is 32.1 Å². The van der Waals surface area contributed by atoms with E-state index in [2.05, 4.69) is 20.6 Å². The fraction of sp³-hybridized carbons (Fsp3) is 0.167. The van der Waals surface area contributed by atoms with Crippen LogP contribution in [0.3, 0.4) is 0 Å². The Kier molecular flexibility index (Phi) is 7.95. The molecule has 2 aromatic heterocycles. The number of hydrogen-bond donors (Lipinski definition) is 3. The molecule has 11 heteroatoms. The predicted octanol–water partition coefficient (Wildman–Crippen LogP) is 4.77. The van der Waals surface area contributed by atoms with Gasteiger partial charge in [-0.1, -0.05) is 12.1 Å². The average Bonchev–Trinajstić information content (AvgIpc) is 3.57.